The fraction of sp³-hybridized carbons (Fsp3) is 0.318. The summed E-state index contributed by atoms with van der Waals surface area (Å²) in [5, 5.41) is 0. The molecule has 0 atom stereocenters. The summed E-state index contributed by atoms with van der Waals surface area (Å²) >= 11 is 0. The van der Waals surface area contributed by atoms with Gasteiger partial charge in [-0.05, 0) is 30.4 Å². The number of ketones is 1. The van der Waals surface area contributed by atoms with E-state index < -0.39 is 11.8 Å². The number of ether oxygens (including phenoxy) is 2. The molecule has 5 nitrogen and oxygen atoms in total. The lowest BCUT2D eigenvalue weighted by Gasteiger charge is -2.24. The first kappa shape index (κ1) is 20.4. The largest absolute Gasteiger partial charge is 0.462 e. The summed E-state index contributed by atoms with van der Waals surface area (Å²) in [6, 6.07) is 17.1. The average Bonchev–Trinajstić information content (AvgIpc) is 2.70. The highest BCUT2D eigenvalue weighted by Gasteiger charge is 2.22. The highest BCUT2D eigenvalue weighted by atomic mass is 16.5. The maximum atomic E-state index is 12.0. The third kappa shape index (κ3) is 6.70. The molecule has 0 N–H and O–H groups in total. The van der Waals surface area contributed by atoms with Gasteiger partial charge in [-0.2, -0.15) is 0 Å². The Balaban J connectivity index is 1.70. The molecule has 0 aromatic heterocycles. The van der Waals surface area contributed by atoms with Gasteiger partial charge in [0.05, 0.1) is 18.8 Å². The summed E-state index contributed by atoms with van der Waals surface area (Å²) in [6.07, 6.45) is 1.26. The second-order valence-electron chi connectivity index (χ2n) is 7.04. The van der Waals surface area contributed by atoms with E-state index in [9.17, 15) is 14.4 Å². The van der Waals surface area contributed by atoms with Crippen LogP contribution in [-0.4, -0.2) is 30.9 Å². The Hall–Kier alpha value is -2.95. The number of Topliss-reactive ketones (excluding diaryl/α,β-unsaturated/α-hetero) is 1. The number of hydrogen-bond donors (Lipinski definition) is 0. The summed E-state index contributed by atoms with van der Waals surface area (Å²) in [5.41, 5.74) is 0.567. The maximum absolute atomic E-state index is 12.0. The molecule has 0 radical (unpaired) electrons. The minimum atomic E-state index is -0.852. The number of hydrogen-bond acceptors (Lipinski definition) is 5. The smallest absolute Gasteiger partial charge is 0.379 e. The predicted octanol–water partition coefficient (Wildman–Crippen LogP) is 4.08. The van der Waals surface area contributed by atoms with Gasteiger partial charge < -0.3 is 9.47 Å². The zero-order chi connectivity index (χ0) is 19.7. The van der Waals surface area contributed by atoms with Crippen molar-refractivity contribution in [3.8, 4) is 0 Å². The molecule has 2 rings (SSSR count). The van der Waals surface area contributed by atoms with Crippen molar-refractivity contribution in [2.75, 3.05) is 13.2 Å². The van der Waals surface area contributed by atoms with Gasteiger partial charge in [0.25, 0.3) is 5.78 Å². The van der Waals surface area contributed by atoms with E-state index in [4.69, 9.17) is 9.47 Å². The lowest BCUT2D eigenvalue weighted by Crippen LogP contribution is -2.23. The molecule has 0 aliphatic rings. The standard InChI is InChI=1S/C22H24O5/c1-22(2,16-27-20(24)18-12-7-4-8-13-18)14-9-15-26-21(25)19(23)17-10-5-3-6-11-17/h3-8,10-13H,9,14-16H2,1-2H3. The van der Waals surface area contributed by atoms with Gasteiger partial charge in [0.15, 0.2) is 0 Å². The highest BCUT2D eigenvalue weighted by Crippen LogP contribution is 2.23. The van der Waals surface area contributed by atoms with Crippen LogP contribution in [0.15, 0.2) is 60.7 Å². The molecule has 2 aromatic carbocycles. The van der Waals surface area contributed by atoms with Crippen molar-refractivity contribution in [1.29, 1.82) is 0 Å². The fourth-order valence-electron chi connectivity index (χ4n) is 2.48. The maximum Gasteiger partial charge on any atom is 0.379 e. The first-order chi connectivity index (χ1) is 12.9. The van der Waals surface area contributed by atoms with Gasteiger partial charge >= 0.3 is 11.9 Å². The van der Waals surface area contributed by atoms with Crippen molar-refractivity contribution < 1.29 is 23.9 Å². The number of carbonyl (C=O) groups excluding carboxylic acids is 3. The molecular formula is C22H24O5. The molecule has 142 valence electrons. The Morgan fingerprint density at radius 3 is 1.96 bits per heavy atom. The van der Waals surface area contributed by atoms with Crippen molar-refractivity contribution in [3.63, 3.8) is 0 Å². The first-order valence-corrected chi connectivity index (χ1v) is 8.88. The monoisotopic (exact) mass is 368 g/mol. The van der Waals surface area contributed by atoms with E-state index in [2.05, 4.69) is 0 Å². The Bertz CT molecular complexity index is 766. The molecule has 27 heavy (non-hydrogen) atoms. The second-order valence-corrected chi connectivity index (χ2v) is 7.04. The third-order valence-corrected chi connectivity index (χ3v) is 4.06. The molecule has 0 fully saturated rings. The van der Waals surface area contributed by atoms with Crippen molar-refractivity contribution >= 4 is 17.7 Å². The first-order valence-electron chi connectivity index (χ1n) is 8.88. The van der Waals surface area contributed by atoms with E-state index in [1.807, 2.05) is 19.9 Å². The molecule has 0 saturated heterocycles. The van der Waals surface area contributed by atoms with Crippen LogP contribution >= 0.6 is 0 Å². The van der Waals surface area contributed by atoms with Crippen LogP contribution in [0.1, 0.15) is 47.4 Å². The number of esters is 2. The van der Waals surface area contributed by atoms with Crippen LogP contribution in [0.5, 0.6) is 0 Å². The fourth-order valence-corrected chi connectivity index (χ4v) is 2.48. The summed E-state index contributed by atoms with van der Waals surface area (Å²) in [6.45, 7) is 4.36. The zero-order valence-electron chi connectivity index (χ0n) is 15.6. The van der Waals surface area contributed by atoms with E-state index in [0.29, 0.717) is 24.0 Å². The minimum Gasteiger partial charge on any atom is -0.462 e. The van der Waals surface area contributed by atoms with E-state index in [1.165, 1.54) is 0 Å². The molecule has 5 heteroatoms. The summed E-state index contributed by atoms with van der Waals surface area (Å²) in [7, 11) is 0. The van der Waals surface area contributed by atoms with Crippen LogP contribution in [0.4, 0.5) is 0 Å². The summed E-state index contributed by atoms with van der Waals surface area (Å²) in [5.74, 6) is -1.86. The molecule has 0 aliphatic heterocycles. The van der Waals surface area contributed by atoms with Gasteiger partial charge in [-0.15, -0.1) is 0 Å². The summed E-state index contributed by atoms with van der Waals surface area (Å²) < 4.78 is 10.4. The van der Waals surface area contributed by atoms with Crippen LogP contribution in [0.25, 0.3) is 0 Å². The Morgan fingerprint density at radius 1 is 0.815 bits per heavy atom. The molecule has 0 unspecified atom stereocenters. The number of carbonyl (C=O) groups is 3. The van der Waals surface area contributed by atoms with Crippen LogP contribution in [-0.2, 0) is 14.3 Å². The van der Waals surface area contributed by atoms with Crippen LogP contribution in [0.3, 0.4) is 0 Å². The van der Waals surface area contributed by atoms with Gasteiger partial charge in [-0.1, -0.05) is 62.4 Å². The topological polar surface area (TPSA) is 69.7 Å². The molecule has 0 saturated carbocycles. The molecule has 0 spiro atoms. The van der Waals surface area contributed by atoms with E-state index >= 15 is 0 Å². The van der Waals surface area contributed by atoms with Gasteiger partial charge in [-0.25, -0.2) is 9.59 Å². The number of rotatable bonds is 9. The molecule has 0 aliphatic carbocycles. The lowest BCUT2D eigenvalue weighted by molar-refractivity contribution is -0.138. The van der Waals surface area contributed by atoms with Gasteiger partial charge in [0.1, 0.15) is 0 Å². The van der Waals surface area contributed by atoms with E-state index in [1.54, 1.807) is 54.6 Å². The molecular weight excluding hydrogens is 344 g/mol. The SMILES string of the molecule is CC(C)(CCCOC(=O)C(=O)c1ccccc1)COC(=O)c1ccccc1. The van der Waals surface area contributed by atoms with Gasteiger partial charge in [0, 0.05) is 5.56 Å². The van der Waals surface area contributed by atoms with E-state index in [-0.39, 0.29) is 24.6 Å². The molecule has 0 heterocycles. The Labute approximate surface area is 159 Å². The molecule has 2 aromatic rings. The van der Waals surface area contributed by atoms with Crippen molar-refractivity contribution in [2.45, 2.75) is 26.7 Å². The predicted molar refractivity (Wildman–Crippen MR) is 101 cm³/mol. The van der Waals surface area contributed by atoms with Crippen LogP contribution in [0.2, 0.25) is 0 Å². The van der Waals surface area contributed by atoms with Crippen molar-refractivity contribution in [2.24, 2.45) is 5.41 Å². The van der Waals surface area contributed by atoms with Crippen molar-refractivity contribution in [1.82, 2.24) is 0 Å². The minimum absolute atomic E-state index is 0.146. The van der Waals surface area contributed by atoms with Crippen LogP contribution < -0.4 is 0 Å². The lowest BCUT2D eigenvalue weighted by atomic mass is 9.89. The molecule has 0 amide bonds. The van der Waals surface area contributed by atoms with Gasteiger partial charge in [-0.3, -0.25) is 4.79 Å². The third-order valence-electron chi connectivity index (χ3n) is 4.06. The van der Waals surface area contributed by atoms with E-state index in [0.717, 1.165) is 0 Å². The summed E-state index contributed by atoms with van der Waals surface area (Å²) in [4.78, 5) is 35.7. The molecule has 0 bridgehead atoms. The Kier molecular flexibility index (Phi) is 7.29. The van der Waals surface area contributed by atoms with Crippen molar-refractivity contribution in [3.05, 3.63) is 71.8 Å². The highest BCUT2D eigenvalue weighted by molar-refractivity contribution is 6.40. The number of benzene rings is 2. The second kappa shape index (κ2) is 9.67. The normalized spacial score (nSPS) is 10.9. The zero-order valence-corrected chi connectivity index (χ0v) is 15.6. The average molecular weight is 368 g/mol. The quantitative estimate of drug-likeness (QED) is 0.289. The van der Waals surface area contributed by atoms with Crippen LogP contribution in [0, 0.1) is 5.41 Å². The Morgan fingerprint density at radius 2 is 1.37 bits per heavy atom. The van der Waals surface area contributed by atoms with Gasteiger partial charge in [0.2, 0.25) is 0 Å².